The van der Waals surface area contributed by atoms with Crippen molar-refractivity contribution in [3.05, 3.63) is 47.1 Å². The number of halogens is 1. The predicted octanol–water partition coefficient (Wildman–Crippen LogP) is 3.41. The number of benzene rings is 1. The topological polar surface area (TPSA) is 43.4 Å². The molecule has 2 aromatic rings. The largest absolute Gasteiger partial charge is 0.493 e. The lowest BCUT2D eigenvalue weighted by Crippen LogP contribution is -2.06. The molecule has 1 heterocycles. The van der Waals surface area contributed by atoms with Gasteiger partial charge in [-0.3, -0.25) is 0 Å². The Hall–Kier alpha value is -1.94. The molecular weight excluding hydrogens is 276 g/mol. The van der Waals surface area contributed by atoms with Crippen molar-refractivity contribution in [2.75, 3.05) is 26.1 Å². The van der Waals surface area contributed by atoms with Gasteiger partial charge in [0, 0.05) is 6.54 Å². The molecule has 0 aliphatic carbocycles. The van der Waals surface area contributed by atoms with Crippen LogP contribution in [0.15, 0.2) is 36.4 Å². The second-order valence-corrected chi connectivity index (χ2v) is 4.60. The van der Waals surface area contributed by atoms with Gasteiger partial charge in [0.15, 0.2) is 11.5 Å². The number of pyridine rings is 1. The van der Waals surface area contributed by atoms with Gasteiger partial charge in [-0.2, -0.15) is 0 Å². The predicted molar refractivity (Wildman–Crippen MR) is 81.0 cm³/mol. The first-order valence-corrected chi connectivity index (χ1v) is 6.68. The molecule has 1 N–H and O–H groups in total. The van der Waals surface area contributed by atoms with Crippen molar-refractivity contribution in [3.63, 3.8) is 0 Å². The summed E-state index contributed by atoms with van der Waals surface area (Å²) in [4.78, 5) is 4.18. The van der Waals surface area contributed by atoms with Gasteiger partial charge < -0.3 is 14.8 Å². The Balaban J connectivity index is 1.94. The summed E-state index contributed by atoms with van der Waals surface area (Å²) in [6, 6.07) is 11.4. The van der Waals surface area contributed by atoms with Crippen molar-refractivity contribution in [1.29, 1.82) is 0 Å². The van der Waals surface area contributed by atoms with E-state index in [2.05, 4.69) is 10.3 Å². The average molecular weight is 293 g/mol. The second kappa shape index (κ2) is 7.01. The Morgan fingerprint density at radius 1 is 1.10 bits per heavy atom. The minimum Gasteiger partial charge on any atom is -0.493 e. The van der Waals surface area contributed by atoms with Crippen LogP contribution in [0, 0.1) is 0 Å². The Kier molecular flexibility index (Phi) is 5.07. The summed E-state index contributed by atoms with van der Waals surface area (Å²) in [5.74, 6) is 2.25. The summed E-state index contributed by atoms with van der Waals surface area (Å²) < 4.78 is 10.5. The third kappa shape index (κ3) is 3.78. The van der Waals surface area contributed by atoms with Crippen LogP contribution in [-0.2, 0) is 6.42 Å². The van der Waals surface area contributed by atoms with Crippen LogP contribution in [0.2, 0.25) is 5.15 Å². The lowest BCUT2D eigenvalue weighted by atomic mass is 10.1. The molecule has 0 saturated heterocycles. The molecule has 0 radical (unpaired) electrons. The molecule has 5 heteroatoms. The maximum absolute atomic E-state index is 5.83. The zero-order valence-electron chi connectivity index (χ0n) is 11.5. The highest BCUT2D eigenvalue weighted by Crippen LogP contribution is 2.27. The molecule has 0 spiro atoms. The van der Waals surface area contributed by atoms with Crippen molar-refractivity contribution in [2.24, 2.45) is 0 Å². The number of anilines is 1. The van der Waals surface area contributed by atoms with Gasteiger partial charge in [0.2, 0.25) is 0 Å². The number of nitrogens with one attached hydrogen (secondary N) is 1. The van der Waals surface area contributed by atoms with Gasteiger partial charge in [-0.25, -0.2) is 4.98 Å². The third-order valence-corrected chi connectivity index (χ3v) is 3.09. The minimum atomic E-state index is 0.487. The lowest BCUT2D eigenvalue weighted by molar-refractivity contribution is 0.354. The quantitative estimate of drug-likeness (QED) is 0.829. The molecule has 0 aliphatic rings. The maximum atomic E-state index is 5.83. The SMILES string of the molecule is COc1ccc(CCNc2cccc(Cl)n2)cc1OC. The molecule has 0 unspecified atom stereocenters. The Labute approximate surface area is 123 Å². The first-order chi connectivity index (χ1) is 9.72. The number of hydrogen-bond donors (Lipinski definition) is 1. The van der Waals surface area contributed by atoms with Crippen molar-refractivity contribution >= 4 is 17.4 Å². The number of hydrogen-bond acceptors (Lipinski definition) is 4. The van der Waals surface area contributed by atoms with Crippen molar-refractivity contribution in [2.45, 2.75) is 6.42 Å². The van der Waals surface area contributed by atoms with E-state index in [0.29, 0.717) is 5.15 Å². The fraction of sp³-hybridized carbons (Fsp3) is 0.267. The molecular formula is C15H17ClN2O2. The number of ether oxygens (including phenoxy) is 2. The highest BCUT2D eigenvalue weighted by atomic mass is 35.5. The van der Waals surface area contributed by atoms with Crippen LogP contribution in [0.1, 0.15) is 5.56 Å². The van der Waals surface area contributed by atoms with E-state index < -0.39 is 0 Å². The zero-order valence-corrected chi connectivity index (χ0v) is 12.3. The number of methoxy groups -OCH3 is 2. The van der Waals surface area contributed by atoms with Crippen LogP contribution in [-0.4, -0.2) is 25.7 Å². The van der Waals surface area contributed by atoms with Gasteiger partial charge in [-0.1, -0.05) is 23.7 Å². The minimum absolute atomic E-state index is 0.487. The molecule has 0 aliphatic heterocycles. The van der Waals surface area contributed by atoms with E-state index in [9.17, 15) is 0 Å². The molecule has 106 valence electrons. The monoisotopic (exact) mass is 292 g/mol. The van der Waals surface area contributed by atoms with E-state index in [-0.39, 0.29) is 0 Å². The van der Waals surface area contributed by atoms with E-state index in [1.54, 1.807) is 20.3 Å². The van der Waals surface area contributed by atoms with Crippen LogP contribution in [0.3, 0.4) is 0 Å². The maximum Gasteiger partial charge on any atom is 0.160 e. The molecule has 0 saturated carbocycles. The van der Waals surface area contributed by atoms with E-state index in [4.69, 9.17) is 21.1 Å². The van der Waals surface area contributed by atoms with Crippen molar-refractivity contribution in [1.82, 2.24) is 4.98 Å². The van der Waals surface area contributed by atoms with E-state index in [1.165, 1.54) is 0 Å². The van der Waals surface area contributed by atoms with Crippen LogP contribution >= 0.6 is 11.6 Å². The Bertz CT molecular complexity index is 576. The standard InChI is InChI=1S/C15H17ClN2O2/c1-19-12-7-6-11(10-13(12)20-2)8-9-17-15-5-3-4-14(16)18-15/h3-7,10H,8-9H2,1-2H3,(H,17,18). The van der Waals surface area contributed by atoms with Crippen molar-refractivity contribution < 1.29 is 9.47 Å². The van der Waals surface area contributed by atoms with E-state index >= 15 is 0 Å². The van der Waals surface area contributed by atoms with Gasteiger partial charge in [-0.15, -0.1) is 0 Å². The molecule has 2 rings (SSSR count). The summed E-state index contributed by atoms with van der Waals surface area (Å²) in [7, 11) is 3.26. The van der Waals surface area contributed by atoms with Crippen molar-refractivity contribution in [3.8, 4) is 11.5 Å². The van der Waals surface area contributed by atoms with Gasteiger partial charge in [-0.05, 0) is 36.2 Å². The molecule has 0 amide bonds. The second-order valence-electron chi connectivity index (χ2n) is 4.21. The molecule has 4 nitrogen and oxygen atoms in total. The molecule has 0 bridgehead atoms. The fourth-order valence-electron chi connectivity index (χ4n) is 1.88. The smallest absolute Gasteiger partial charge is 0.160 e. The number of aromatic nitrogens is 1. The van der Waals surface area contributed by atoms with E-state index in [0.717, 1.165) is 35.8 Å². The highest BCUT2D eigenvalue weighted by Gasteiger charge is 2.04. The van der Waals surface area contributed by atoms with Crippen LogP contribution in [0.25, 0.3) is 0 Å². The summed E-state index contributed by atoms with van der Waals surface area (Å²) in [5.41, 5.74) is 1.16. The summed E-state index contributed by atoms with van der Waals surface area (Å²) >= 11 is 5.83. The van der Waals surface area contributed by atoms with E-state index in [1.807, 2.05) is 30.3 Å². The number of rotatable bonds is 6. The van der Waals surface area contributed by atoms with Gasteiger partial charge in [0.25, 0.3) is 0 Å². The number of nitrogens with zero attached hydrogens (tertiary/aromatic N) is 1. The Morgan fingerprint density at radius 3 is 2.60 bits per heavy atom. The first-order valence-electron chi connectivity index (χ1n) is 6.30. The third-order valence-electron chi connectivity index (χ3n) is 2.88. The summed E-state index contributed by atoms with van der Waals surface area (Å²) in [6.45, 7) is 0.767. The fourth-order valence-corrected chi connectivity index (χ4v) is 2.04. The molecule has 0 atom stereocenters. The summed E-state index contributed by atoms with van der Waals surface area (Å²) in [6.07, 6.45) is 0.856. The van der Waals surface area contributed by atoms with Gasteiger partial charge in [0.05, 0.1) is 14.2 Å². The zero-order chi connectivity index (χ0) is 14.4. The molecule has 0 fully saturated rings. The van der Waals surface area contributed by atoms with Gasteiger partial charge in [0.1, 0.15) is 11.0 Å². The van der Waals surface area contributed by atoms with Gasteiger partial charge >= 0.3 is 0 Å². The lowest BCUT2D eigenvalue weighted by Gasteiger charge is -2.10. The van der Waals surface area contributed by atoms with Crippen LogP contribution < -0.4 is 14.8 Å². The Morgan fingerprint density at radius 2 is 1.90 bits per heavy atom. The van der Waals surface area contributed by atoms with Crippen LogP contribution in [0.5, 0.6) is 11.5 Å². The molecule has 1 aromatic heterocycles. The molecule has 20 heavy (non-hydrogen) atoms. The average Bonchev–Trinajstić information content (AvgIpc) is 2.47. The normalized spacial score (nSPS) is 10.2. The highest BCUT2D eigenvalue weighted by molar-refractivity contribution is 6.29. The van der Waals surface area contributed by atoms with Crippen LogP contribution in [0.4, 0.5) is 5.82 Å². The first kappa shape index (κ1) is 14.5. The molecule has 1 aromatic carbocycles. The summed E-state index contributed by atoms with van der Waals surface area (Å²) in [5, 5.41) is 3.72.